The molecule has 208 valence electrons. The van der Waals surface area contributed by atoms with Crippen molar-refractivity contribution in [3.8, 4) is 5.75 Å². The molecule has 0 heterocycles. The Morgan fingerprint density at radius 3 is 2.34 bits per heavy atom. The molecule has 38 heavy (non-hydrogen) atoms. The molecular formula is C24H30Cl2N4O7S. The first-order valence-electron chi connectivity index (χ1n) is 11.6. The van der Waals surface area contributed by atoms with Crippen molar-refractivity contribution in [2.75, 3.05) is 30.8 Å². The van der Waals surface area contributed by atoms with Crippen molar-refractivity contribution in [2.45, 2.75) is 39.3 Å². The molecule has 0 aliphatic rings. The fraction of sp³-hybridized carbons (Fsp3) is 0.417. The molecule has 0 radical (unpaired) electrons. The number of anilines is 1. The molecule has 2 aromatic carbocycles. The molecule has 1 atom stereocenters. The quantitative estimate of drug-likeness (QED) is 0.275. The third-order valence-corrected chi connectivity index (χ3v) is 7.46. The largest absolute Gasteiger partial charge is 0.495 e. The van der Waals surface area contributed by atoms with Crippen molar-refractivity contribution in [1.82, 2.24) is 10.2 Å². The number of nitrogens with one attached hydrogen (secondary N) is 1. The highest BCUT2D eigenvalue weighted by Crippen LogP contribution is 2.34. The number of amides is 2. The van der Waals surface area contributed by atoms with Gasteiger partial charge in [-0.05, 0) is 36.6 Å². The van der Waals surface area contributed by atoms with E-state index in [-0.39, 0.29) is 35.1 Å². The maximum Gasteiger partial charge on any atom is 0.271 e. The third-order valence-electron chi connectivity index (χ3n) is 5.59. The topological polar surface area (TPSA) is 139 Å². The Morgan fingerprint density at radius 1 is 1.13 bits per heavy atom. The van der Waals surface area contributed by atoms with Crippen LogP contribution in [0.1, 0.15) is 32.3 Å². The molecule has 0 aromatic heterocycles. The number of hydrogen-bond donors (Lipinski definition) is 1. The number of carbonyl (C=O) groups is 2. The highest BCUT2D eigenvalue weighted by molar-refractivity contribution is 7.92. The van der Waals surface area contributed by atoms with E-state index in [1.807, 2.05) is 6.92 Å². The van der Waals surface area contributed by atoms with Crippen LogP contribution in [-0.2, 0) is 26.2 Å². The summed E-state index contributed by atoms with van der Waals surface area (Å²) >= 11 is 12.2. The van der Waals surface area contributed by atoms with Crippen LogP contribution in [0.5, 0.6) is 5.75 Å². The fourth-order valence-corrected chi connectivity index (χ4v) is 4.87. The van der Waals surface area contributed by atoms with E-state index in [1.165, 1.54) is 18.1 Å². The molecule has 2 aromatic rings. The van der Waals surface area contributed by atoms with E-state index in [2.05, 4.69) is 5.32 Å². The first-order valence-corrected chi connectivity index (χ1v) is 14.3. The number of ether oxygens (including phenoxy) is 1. The van der Waals surface area contributed by atoms with Gasteiger partial charge in [0.25, 0.3) is 5.69 Å². The van der Waals surface area contributed by atoms with E-state index in [1.54, 1.807) is 25.1 Å². The summed E-state index contributed by atoms with van der Waals surface area (Å²) in [6, 6.07) is 7.24. The van der Waals surface area contributed by atoms with Gasteiger partial charge < -0.3 is 15.0 Å². The van der Waals surface area contributed by atoms with Crippen LogP contribution in [0, 0.1) is 10.1 Å². The van der Waals surface area contributed by atoms with Crippen LogP contribution in [0.4, 0.5) is 11.4 Å². The number of nitro groups is 1. The van der Waals surface area contributed by atoms with Gasteiger partial charge in [-0.2, -0.15) is 0 Å². The molecule has 1 unspecified atom stereocenters. The summed E-state index contributed by atoms with van der Waals surface area (Å²) in [5, 5.41) is 14.7. The summed E-state index contributed by atoms with van der Waals surface area (Å²) in [5.41, 5.74) is -0.0104. The lowest BCUT2D eigenvalue weighted by Gasteiger charge is -2.33. The second-order valence-corrected chi connectivity index (χ2v) is 11.1. The smallest absolute Gasteiger partial charge is 0.271 e. The monoisotopic (exact) mass is 588 g/mol. The van der Waals surface area contributed by atoms with Crippen LogP contribution in [0.2, 0.25) is 10.0 Å². The molecule has 0 saturated carbocycles. The van der Waals surface area contributed by atoms with Crippen molar-refractivity contribution in [1.29, 1.82) is 0 Å². The van der Waals surface area contributed by atoms with Crippen molar-refractivity contribution >= 4 is 56.4 Å². The van der Waals surface area contributed by atoms with Crippen molar-refractivity contribution < 1.29 is 27.7 Å². The summed E-state index contributed by atoms with van der Waals surface area (Å²) in [6.07, 6.45) is 1.78. The zero-order valence-electron chi connectivity index (χ0n) is 21.4. The summed E-state index contributed by atoms with van der Waals surface area (Å²) < 4.78 is 31.6. The Kier molecular flexibility index (Phi) is 11.2. The van der Waals surface area contributed by atoms with Gasteiger partial charge in [0.1, 0.15) is 24.0 Å². The maximum atomic E-state index is 13.7. The lowest BCUT2D eigenvalue weighted by atomic mass is 10.1. The van der Waals surface area contributed by atoms with Gasteiger partial charge in [-0.25, -0.2) is 8.42 Å². The minimum absolute atomic E-state index is 0.0117. The highest BCUT2D eigenvalue weighted by Gasteiger charge is 2.33. The SMILES string of the molecule is CCCNC(=O)C(CC)N(Cc1ccc(Cl)c(Cl)c1)C(=O)CN(c1cc([N+](=O)[O-])ccc1OC)S(C)(=O)=O. The number of rotatable bonds is 13. The highest BCUT2D eigenvalue weighted by atomic mass is 35.5. The summed E-state index contributed by atoms with van der Waals surface area (Å²) in [5.74, 6) is -1.10. The zero-order valence-corrected chi connectivity index (χ0v) is 23.8. The molecule has 0 aliphatic carbocycles. The number of carbonyl (C=O) groups excluding carboxylic acids is 2. The van der Waals surface area contributed by atoms with Gasteiger partial charge >= 0.3 is 0 Å². The number of hydrogen-bond acceptors (Lipinski definition) is 7. The van der Waals surface area contributed by atoms with Crippen molar-refractivity contribution in [3.05, 3.63) is 62.1 Å². The molecule has 0 bridgehead atoms. The molecule has 1 N–H and O–H groups in total. The Balaban J connectivity index is 2.57. The lowest BCUT2D eigenvalue weighted by Crippen LogP contribution is -2.52. The standard InChI is InChI=1S/C24H30Cl2N4O7S/c1-5-11-27-24(32)20(6-2)28(14-16-7-9-18(25)19(26)12-16)23(31)15-29(38(4,35)36)21-13-17(30(33)34)8-10-22(21)37-3/h7-10,12-13,20H,5-6,11,14-15H2,1-4H3,(H,27,32). The van der Waals surface area contributed by atoms with Crippen molar-refractivity contribution in [2.24, 2.45) is 0 Å². The predicted octanol–water partition coefficient (Wildman–Crippen LogP) is 4.01. The third kappa shape index (κ3) is 7.95. The molecule has 11 nitrogen and oxygen atoms in total. The number of non-ortho nitro benzene ring substituents is 1. The zero-order chi connectivity index (χ0) is 28.6. The lowest BCUT2D eigenvalue weighted by molar-refractivity contribution is -0.384. The number of benzene rings is 2. The fourth-order valence-electron chi connectivity index (χ4n) is 3.70. The van der Waals surface area contributed by atoms with Crippen LogP contribution in [0.25, 0.3) is 0 Å². The van der Waals surface area contributed by atoms with E-state index in [4.69, 9.17) is 27.9 Å². The molecule has 2 amide bonds. The molecule has 0 aliphatic heterocycles. The van der Waals surface area contributed by atoms with E-state index >= 15 is 0 Å². The predicted molar refractivity (Wildman–Crippen MR) is 146 cm³/mol. The van der Waals surface area contributed by atoms with Gasteiger partial charge in [-0.3, -0.25) is 24.0 Å². The first-order chi connectivity index (χ1) is 17.8. The average molecular weight is 589 g/mol. The van der Waals surface area contributed by atoms with Gasteiger partial charge in [0.2, 0.25) is 21.8 Å². The minimum Gasteiger partial charge on any atom is -0.495 e. The van der Waals surface area contributed by atoms with Crippen LogP contribution in [0.3, 0.4) is 0 Å². The van der Waals surface area contributed by atoms with E-state index in [9.17, 15) is 28.1 Å². The Labute approximate surface area is 231 Å². The first kappa shape index (κ1) is 31.1. The van der Waals surface area contributed by atoms with Gasteiger partial charge in [-0.15, -0.1) is 0 Å². The minimum atomic E-state index is -4.13. The molecule has 14 heteroatoms. The second kappa shape index (κ2) is 13.6. The summed E-state index contributed by atoms with van der Waals surface area (Å²) in [4.78, 5) is 38.6. The average Bonchev–Trinajstić information content (AvgIpc) is 2.86. The molecule has 0 saturated heterocycles. The number of sulfonamides is 1. The normalized spacial score (nSPS) is 11.9. The van der Waals surface area contributed by atoms with E-state index in [0.717, 1.165) is 22.7 Å². The second-order valence-electron chi connectivity index (χ2n) is 8.37. The maximum absolute atomic E-state index is 13.7. The Hall–Kier alpha value is -3.09. The molecule has 0 spiro atoms. The van der Waals surface area contributed by atoms with Gasteiger partial charge in [-0.1, -0.05) is 43.1 Å². The van der Waals surface area contributed by atoms with Crippen LogP contribution < -0.4 is 14.4 Å². The van der Waals surface area contributed by atoms with Crippen molar-refractivity contribution in [3.63, 3.8) is 0 Å². The Morgan fingerprint density at radius 2 is 1.82 bits per heavy atom. The molecule has 2 rings (SSSR count). The van der Waals surface area contributed by atoms with Crippen LogP contribution in [0.15, 0.2) is 36.4 Å². The van der Waals surface area contributed by atoms with E-state index in [0.29, 0.717) is 23.6 Å². The number of halogens is 2. The summed E-state index contributed by atoms with van der Waals surface area (Å²) in [7, 11) is -2.86. The molecular weight excluding hydrogens is 559 g/mol. The van der Waals surface area contributed by atoms with Gasteiger partial charge in [0.15, 0.2) is 0 Å². The Bertz CT molecular complexity index is 1290. The van der Waals surface area contributed by atoms with Gasteiger partial charge in [0, 0.05) is 25.2 Å². The number of nitro benzene ring substituents is 1. The molecule has 0 fully saturated rings. The number of methoxy groups -OCH3 is 1. The van der Waals surface area contributed by atoms with Gasteiger partial charge in [0.05, 0.1) is 28.3 Å². The van der Waals surface area contributed by atoms with E-state index < -0.39 is 39.3 Å². The summed E-state index contributed by atoms with van der Waals surface area (Å²) in [6.45, 7) is 3.19. The van der Waals surface area contributed by atoms with Crippen LogP contribution >= 0.6 is 23.2 Å². The van der Waals surface area contributed by atoms with Crippen LogP contribution in [-0.4, -0.2) is 62.6 Å². The number of nitrogens with zero attached hydrogens (tertiary/aromatic N) is 3.